The minimum absolute atomic E-state index is 0.0128. The molecule has 5 rings (SSSR count). The van der Waals surface area contributed by atoms with Crippen LogP contribution in [-0.4, -0.2) is 14.3 Å². The largest absolute Gasteiger partial charge is 0.488 e. The number of nitrogens with zero attached hydrogens (tertiary/aromatic N) is 3. The second-order valence-corrected chi connectivity index (χ2v) is 8.96. The van der Waals surface area contributed by atoms with E-state index in [-0.39, 0.29) is 17.9 Å². The van der Waals surface area contributed by atoms with Crippen LogP contribution in [0.1, 0.15) is 11.1 Å². The summed E-state index contributed by atoms with van der Waals surface area (Å²) in [6.07, 6.45) is 1.78. The molecule has 3 aromatic carbocycles. The van der Waals surface area contributed by atoms with E-state index in [1.807, 2.05) is 36.4 Å². The van der Waals surface area contributed by atoms with Gasteiger partial charge >= 0.3 is 0 Å². The topological polar surface area (TPSA) is 86.7 Å². The molecular formula is C23H14BrN3O4S. The second-order valence-electron chi connectivity index (χ2n) is 7.03. The van der Waals surface area contributed by atoms with Crippen molar-refractivity contribution in [2.45, 2.75) is 6.61 Å². The molecule has 0 aliphatic carbocycles. The number of halogens is 1. The van der Waals surface area contributed by atoms with E-state index in [2.05, 4.69) is 20.9 Å². The third-order valence-electron chi connectivity index (χ3n) is 4.92. The Labute approximate surface area is 193 Å². The lowest BCUT2D eigenvalue weighted by Gasteiger charge is -2.10. The van der Waals surface area contributed by atoms with Crippen molar-refractivity contribution in [3.63, 3.8) is 0 Å². The molecular weight excluding hydrogens is 494 g/mol. The van der Waals surface area contributed by atoms with Crippen molar-refractivity contribution < 1.29 is 9.66 Å². The highest BCUT2D eigenvalue weighted by Gasteiger charge is 2.12. The van der Waals surface area contributed by atoms with Crippen molar-refractivity contribution in [2.24, 2.45) is 0 Å². The summed E-state index contributed by atoms with van der Waals surface area (Å²) in [4.78, 5) is 28.8. The van der Waals surface area contributed by atoms with E-state index in [9.17, 15) is 14.9 Å². The van der Waals surface area contributed by atoms with Crippen LogP contribution >= 0.6 is 27.3 Å². The van der Waals surface area contributed by atoms with Crippen molar-refractivity contribution in [3.05, 3.63) is 107 Å². The molecule has 32 heavy (non-hydrogen) atoms. The number of imidazole rings is 1. The quantitative estimate of drug-likeness (QED) is 0.254. The number of fused-ring (bicyclic) bond motifs is 3. The highest BCUT2D eigenvalue weighted by molar-refractivity contribution is 9.10. The maximum atomic E-state index is 13.1. The van der Waals surface area contributed by atoms with E-state index in [4.69, 9.17) is 4.74 Å². The molecule has 0 atom stereocenters. The normalized spacial score (nSPS) is 12.0. The first-order valence-electron chi connectivity index (χ1n) is 9.57. The molecule has 0 aliphatic heterocycles. The molecule has 0 unspecified atom stereocenters. The van der Waals surface area contributed by atoms with Crippen LogP contribution in [0.5, 0.6) is 5.75 Å². The molecule has 0 fully saturated rings. The number of hydrogen-bond acceptors (Lipinski definition) is 6. The van der Waals surface area contributed by atoms with E-state index >= 15 is 0 Å². The fourth-order valence-corrected chi connectivity index (χ4v) is 4.79. The van der Waals surface area contributed by atoms with Crippen LogP contribution in [0.4, 0.5) is 5.69 Å². The summed E-state index contributed by atoms with van der Waals surface area (Å²) in [5.41, 5.74) is 2.84. The van der Waals surface area contributed by atoms with Gasteiger partial charge in [-0.3, -0.25) is 14.9 Å². The standard InChI is InChI=1S/C23H14BrN3O4S/c24-16-8-9-20(31-13-14-4-3-5-17(10-14)27(29)30)15(11-16)12-21-22(28)26-19-7-2-1-6-18(19)25-23(26)32-21/h1-12H,13H2. The van der Waals surface area contributed by atoms with Crippen LogP contribution in [0, 0.1) is 10.1 Å². The van der Waals surface area contributed by atoms with E-state index in [0.717, 1.165) is 21.1 Å². The van der Waals surface area contributed by atoms with Gasteiger partial charge in [-0.15, -0.1) is 0 Å². The number of benzene rings is 3. The molecule has 5 aromatic rings. The minimum Gasteiger partial charge on any atom is -0.488 e. The predicted octanol–water partition coefficient (Wildman–Crippen LogP) is 4.71. The van der Waals surface area contributed by atoms with Crippen LogP contribution in [0.15, 0.2) is 76.0 Å². The summed E-state index contributed by atoms with van der Waals surface area (Å²) in [6.45, 7) is 0.160. The van der Waals surface area contributed by atoms with Gasteiger partial charge in [0, 0.05) is 22.2 Å². The third-order valence-corrected chi connectivity index (χ3v) is 6.38. The van der Waals surface area contributed by atoms with E-state index in [0.29, 0.717) is 20.8 Å². The van der Waals surface area contributed by atoms with Crippen molar-refractivity contribution >= 4 is 55.0 Å². The minimum atomic E-state index is -0.436. The van der Waals surface area contributed by atoms with Gasteiger partial charge in [0.15, 0.2) is 4.96 Å². The van der Waals surface area contributed by atoms with E-state index < -0.39 is 4.92 Å². The number of thiazole rings is 1. The van der Waals surface area contributed by atoms with Gasteiger partial charge in [-0.05, 0) is 42.0 Å². The molecule has 9 heteroatoms. The van der Waals surface area contributed by atoms with Crippen LogP contribution in [0.2, 0.25) is 0 Å². The average Bonchev–Trinajstić information content (AvgIpc) is 3.29. The van der Waals surface area contributed by atoms with Crippen molar-refractivity contribution in [3.8, 4) is 5.75 Å². The van der Waals surface area contributed by atoms with Crippen LogP contribution in [0.3, 0.4) is 0 Å². The smallest absolute Gasteiger partial charge is 0.274 e. The van der Waals surface area contributed by atoms with Gasteiger partial charge in [-0.2, -0.15) is 0 Å². The molecule has 0 bridgehead atoms. The van der Waals surface area contributed by atoms with Crippen LogP contribution in [0.25, 0.3) is 22.1 Å². The van der Waals surface area contributed by atoms with Gasteiger partial charge in [0.05, 0.1) is 20.5 Å². The number of ether oxygens (including phenoxy) is 1. The lowest BCUT2D eigenvalue weighted by molar-refractivity contribution is -0.384. The first-order chi connectivity index (χ1) is 15.5. The molecule has 0 radical (unpaired) electrons. The van der Waals surface area contributed by atoms with E-state index in [1.165, 1.54) is 23.5 Å². The SMILES string of the molecule is O=c1c(=Cc2cc(Br)ccc2OCc2cccc([N+](=O)[O-])c2)sc2nc3ccccc3n12. The fraction of sp³-hybridized carbons (Fsp3) is 0.0435. The van der Waals surface area contributed by atoms with Gasteiger partial charge in [0.25, 0.3) is 11.2 Å². The molecule has 0 amide bonds. The molecule has 0 saturated carbocycles. The molecule has 0 aliphatic rings. The number of hydrogen-bond donors (Lipinski definition) is 0. The Bertz CT molecular complexity index is 1610. The number of nitro groups is 1. The summed E-state index contributed by atoms with van der Waals surface area (Å²) in [5.74, 6) is 0.565. The van der Waals surface area contributed by atoms with E-state index in [1.54, 1.807) is 28.7 Å². The molecule has 0 N–H and O–H groups in total. The maximum absolute atomic E-state index is 13.1. The highest BCUT2D eigenvalue weighted by atomic mass is 79.9. The summed E-state index contributed by atoms with van der Waals surface area (Å²) in [6, 6.07) is 19.3. The number of aromatic nitrogens is 2. The molecule has 7 nitrogen and oxygen atoms in total. The zero-order valence-corrected chi connectivity index (χ0v) is 18.8. The van der Waals surface area contributed by atoms with Gasteiger partial charge in [0.1, 0.15) is 12.4 Å². The average molecular weight is 508 g/mol. The lowest BCUT2D eigenvalue weighted by atomic mass is 10.2. The molecule has 2 heterocycles. The second kappa shape index (κ2) is 8.18. The van der Waals surface area contributed by atoms with Crippen LogP contribution < -0.4 is 14.8 Å². The van der Waals surface area contributed by atoms with Gasteiger partial charge in [0.2, 0.25) is 0 Å². The zero-order chi connectivity index (χ0) is 22.2. The summed E-state index contributed by atoms with van der Waals surface area (Å²) in [5, 5.41) is 11.0. The highest BCUT2D eigenvalue weighted by Crippen LogP contribution is 2.26. The fourth-order valence-electron chi connectivity index (χ4n) is 3.44. The molecule has 0 spiro atoms. The summed E-state index contributed by atoms with van der Waals surface area (Å²) in [7, 11) is 0. The van der Waals surface area contributed by atoms with Crippen LogP contribution in [-0.2, 0) is 6.61 Å². The van der Waals surface area contributed by atoms with Gasteiger partial charge in [-0.25, -0.2) is 9.38 Å². The lowest BCUT2D eigenvalue weighted by Crippen LogP contribution is -2.22. The molecule has 0 saturated heterocycles. The first-order valence-corrected chi connectivity index (χ1v) is 11.2. The third kappa shape index (κ3) is 3.76. The predicted molar refractivity (Wildman–Crippen MR) is 127 cm³/mol. The Hall–Kier alpha value is -3.56. The summed E-state index contributed by atoms with van der Waals surface area (Å²) >= 11 is 4.78. The first kappa shape index (κ1) is 20.3. The monoisotopic (exact) mass is 507 g/mol. The Morgan fingerprint density at radius 2 is 1.97 bits per heavy atom. The summed E-state index contributed by atoms with van der Waals surface area (Å²) < 4.78 is 8.95. The number of para-hydroxylation sites is 2. The number of non-ortho nitro benzene ring substituents is 1. The number of rotatable bonds is 5. The Balaban J connectivity index is 1.53. The Morgan fingerprint density at radius 3 is 2.81 bits per heavy atom. The Morgan fingerprint density at radius 1 is 1.12 bits per heavy atom. The number of nitro benzene ring substituents is 1. The maximum Gasteiger partial charge on any atom is 0.274 e. The van der Waals surface area contributed by atoms with Gasteiger partial charge < -0.3 is 4.74 Å². The van der Waals surface area contributed by atoms with Crippen molar-refractivity contribution in [2.75, 3.05) is 0 Å². The van der Waals surface area contributed by atoms with Crippen molar-refractivity contribution in [1.29, 1.82) is 0 Å². The Kier molecular flexibility index (Phi) is 5.20. The zero-order valence-electron chi connectivity index (χ0n) is 16.4. The molecule has 2 aromatic heterocycles. The van der Waals surface area contributed by atoms with Gasteiger partial charge in [-0.1, -0.05) is 51.5 Å². The van der Waals surface area contributed by atoms with Crippen molar-refractivity contribution in [1.82, 2.24) is 9.38 Å². The molecule has 158 valence electrons.